The van der Waals surface area contributed by atoms with Crippen molar-refractivity contribution in [3.8, 4) is 11.5 Å². The van der Waals surface area contributed by atoms with Gasteiger partial charge in [-0.1, -0.05) is 0 Å². The number of phenolic OH excluding ortho intramolecular Hbond substituents is 1. The van der Waals surface area contributed by atoms with Gasteiger partial charge in [-0.3, -0.25) is 0 Å². The molecule has 0 aliphatic heterocycles. The predicted molar refractivity (Wildman–Crippen MR) is 70.5 cm³/mol. The Hall–Kier alpha value is -2.76. The van der Waals surface area contributed by atoms with E-state index < -0.39 is 11.8 Å². The molecule has 0 unspecified atom stereocenters. The van der Waals surface area contributed by atoms with Gasteiger partial charge in [-0.15, -0.1) is 0 Å². The highest BCUT2D eigenvalue weighted by Gasteiger charge is 2.10. The van der Waals surface area contributed by atoms with Crippen LogP contribution in [0.25, 0.3) is 0 Å². The van der Waals surface area contributed by atoms with Crippen LogP contribution in [0.15, 0.2) is 36.4 Å². The van der Waals surface area contributed by atoms with E-state index in [-0.39, 0.29) is 23.6 Å². The molecule has 104 valence electrons. The minimum absolute atomic E-state index is 0.0591. The Kier molecular flexibility index (Phi) is 3.74. The summed E-state index contributed by atoms with van der Waals surface area (Å²) in [5.41, 5.74) is 0.539. The van der Waals surface area contributed by atoms with Crippen LogP contribution in [0.5, 0.6) is 11.5 Å². The first-order valence-corrected chi connectivity index (χ1v) is 5.75. The summed E-state index contributed by atoms with van der Waals surface area (Å²) in [5.74, 6) is -2.12. The highest BCUT2D eigenvalue weighted by atomic mass is 19.1. The summed E-state index contributed by atoms with van der Waals surface area (Å²) in [5, 5.41) is 30.7. The van der Waals surface area contributed by atoms with Crippen LogP contribution in [0, 0.1) is 5.82 Å². The van der Waals surface area contributed by atoms with Crippen LogP contribution in [0.1, 0.15) is 15.9 Å². The molecule has 0 aliphatic rings. The molecular formula is C14H12FNO4. The Morgan fingerprint density at radius 3 is 2.50 bits per heavy atom. The number of hydrogen-bond donors (Lipinski definition) is 4. The number of carboxylic acids is 1. The SMILES string of the molecule is O=C(O)c1cc(NCc2cc(F)ccc2O)ccc1O. The number of phenols is 2. The van der Waals surface area contributed by atoms with Gasteiger partial charge < -0.3 is 20.6 Å². The van der Waals surface area contributed by atoms with Crippen LogP contribution >= 0.6 is 0 Å². The van der Waals surface area contributed by atoms with Crippen LogP contribution in [0.4, 0.5) is 10.1 Å². The number of aromatic carboxylic acids is 1. The van der Waals surface area contributed by atoms with Crippen LogP contribution in [-0.4, -0.2) is 21.3 Å². The first kappa shape index (κ1) is 13.7. The van der Waals surface area contributed by atoms with Gasteiger partial charge in [0.15, 0.2) is 0 Å². The first-order chi connectivity index (χ1) is 9.47. The second-order valence-corrected chi connectivity index (χ2v) is 4.16. The smallest absolute Gasteiger partial charge is 0.339 e. The molecule has 20 heavy (non-hydrogen) atoms. The number of aromatic hydroxyl groups is 2. The predicted octanol–water partition coefficient (Wildman–Crippen LogP) is 2.55. The van der Waals surface area contributed by atoms with Crippen LogP contribution in [0.2, 0.25) is 0 Å². The van der Waals surface area contributed by atoms with E-state index in [2.05, 4.69) is 5.32 Å². The Morgan fingerprint density at radius 2 is 1.80 bits per heavy atom. The quantitative estimate of drug-likeness (QED) is 0.645. The average molecular weight is 277 g/mol. The van der Waals surface area contributed by atoms with Crippen molar-refractivity contribution in [3.63, 3.8) is 0 Å². The highest BCUT2D eigenvalue weighted by Crippen LogP contribution is 2.23. The van der Waals surface area contributed by atoms with E-state index >= 15 is 0 Å². The van der Waals surface area contributed by atoms with E-state index in [1.807, 2.05) is 0 Å². The molecule has 0 saturated heterocycles. The van der Waals surface area contributed by atoms with Gasteiger partial charge in [0.2, 0.25) is 0 Å². The topological polar surface area (TPSA) is 89.8 Å². The molecule has 0 spiro atoms. The van der Waals surface area contributed by atoms with Gasteiger partial charge in [-0.05, 0) is 36.4 Å². The van der Waals surface area contributed by atoms with Crippen molar-refractivity contribution in [2.75, 3.05) is 5.32 Å². The van der Waals surface area contributed by atoms with Gasteiger partial charge in [-0.25, -0.2) is 9.18 Å². The normalized spacial score (nSPS) is 10.2. The zero-order valence-corrected chi connectivity index (χ0v) is 10.3. The Morgan fingerprint density at radius 1 is 1.10 bits per heavy atom. The maximum Gasteiger partial charge on any atom is 0.339 e. The van der Waals surface area contributed by atoms with Crippen LogP contribution in [-0.2, 0) is 6.54 Å². The van der Waals surface area contributed by atoms with Crippen molar-refractivity contribution < 1.29 is 24.5 Å². The molecule has 6 heteroatoms. The van der Waals surface area contributed by atoms with Gasteiger partial charge in [0.1, 0.15) is 22.9 Å². The summed E-state index contributed by atoms with van der Waals surface area (Å²) in [6.07, 6.45) is 0. The lowest BCUT2D eigenvalue weighted by Gasteiger charge is -2.09. The zero-order valence-electron chi connectivity index (χ0n) is 10.3. The fourth-order valence-corrected chi connectivity index (χ4v) is 1.71. The fraction of sp³-hybridized carbons (Fsp3) is 0.0714. The maximum atomic E-state index is 13.0. The Bertz CT molecular complexity index is 658. The number of rotatable bonds is 4. The summed E-state index contributed by atoms with van der Waals surface area (Å²) in [4.78, 5) is 10.9. The first-order valence-electron chi connectivity index (χ1n) is 5.75. The third-order valence-corrected chi connectivity index (χ3v) is 2.75. The molecule has 2 aromatic carbocycles. The second-order valence-electron chi connectivity index (χ2n) is 4.16. The van der Waals surface area contributed by atoms with E-state index in [4.69, 9.17) is 5.11 Å². The minimum atomic E-state index is -1.25. The summed E-state index contributed by atoms with van der Waals surface area (Å²) >= 11 is 0. The molecule has 0 aliphatic carbocycles. The lowest BCUT2D eigenvalue weighted by molar-refractivity contribution is 0.0694. The molecule has 2 aromatic rings. The largest absolute Gasteiger partial charge is 0.508 e. The highest BCUT2D eigenvalue weighted by molar-refractivity contribution is 5.92. The molecule has 2 rings (SSSR count). The molecule has 0 fully saturated rings. The summed E-state index contributed by atoms with van der Waals surface area (Å²) < 4.78 is 13.0. The number of halogens is 1. The number of carbonyl (C=O) groups is 1. The van der Waals surface area contributed by atoms with Gasteiger partial charge >= 0.3 is 5.97 Å². The van der Waals surface area contributed by atoms with Crippen molar-refractivity contribution >= 4 is 11.7 Å². The van der Waals surface area contributed by atoms with Crippen molar-refractivity contribution in [1.29, 1.82) is 0 Å². The standard InChI is InChI=1S/C14H12FNO4/c15-9-1-3-12(17)8(5-9)7-16-10-2-4-13(18)11(6-10)14(19)20/h1-6,16-18H,7H2,(H,19,20). The zero-order chi connectivity index (χ0) is 14.7. The molecule has 0 atom stereocenters. The van der Waals surface area contributed by atoms with E-state index in [0.29, 0.717) is 11.3 Å². The van der Waals surface area contributed by atoms with Crippen molar-refractivity contribution in [2.45, 2.75) is 6.54 Å². The summed E-state index contributed by atoms with van der Waals surface area (Å²) in [6.45, 7) is 0.118. The maximum absolute atomic E-state index is 13.0. The monoisotopic (exact) mass is 277 g/mol. The Balaban J connectivity index is 2.17. The van der Waals surface area contributed by atoms with Gasteiger partial charge in [-0.2, -0.15) is 0 Å². The van der Waals surface area contributed by atoms with Crippen molar-refractivity contribution in [3.05, 3.63) is 53.3 Å². The molecule has 0 heterocycles. The molecule has 0 radical (unpaired) electrons. The lowest BCUT2D eigenvalue weighted by Crippen LogP contribution is -2.03. The molecule has 0 amide bonds. The molecule has 5 nitrogen and oxygen atoms in total. The molecule has 0 saturated carbocycles. The number of nitrogens with one attached hydrogen (secondary N) is 1. The molecular weight excluding hydrogens is 265 g/mol. The average Bonchev–Trinajstić information content (AvgIpc) is 2.41. The summed E-state index contributed by atoms with van der Waals surface area (Å²) in [6, 6.07) is 7.55. The van der Waals surface area contributed by atoms with Gasteiger partial charge in [0.25, 0.3) is 0 Å². The third kappa shape index (κ3) is 2.97. The second kappa shape index (κ2) is 5.48. The number of hydrogen-bond acceptors (Lipinski definition) is 4. The molecule has 0 aromatic heterocycles. The van der Waals surface area contributed by atoms with Crippen molar-refractivity contribution in [1.82, 2.24) is 0 Å². The molecule has 0 bridgehead atoms. The number of carboxylic acid groups (broad SMARTS) is 1. The van der Waals surface area contributed by atoms with Crippen molar-refractivity contribution in [2.24, 2.45) is 0 Å². The van der Waals surface area contributed by atoms with E-state index in [1.165, 1.54) is 30.3 Å². The van der Waals surface area contributed by atoms with E-state index in [1.54, 1.807) is 0 Å². The van der Waals surface area contributed by atoms with E-state index in [0.717, 1.165) is 6.07 Å². The van der Waals surface area contributed by atoms with Gasteiger partial charge in [0, 0.05) is 17.8 Å². The molecule has 4 N–H and O–H groups in total. The van der Waals surface area contributed by atoms with Gasteiger partial charge in [0.05, 0.1) is 0 Å². The fourth-order valence-electron chi connectivity index (χ4n) is 1.71. The van der Waals surface area contributed by atoms with Crippen LogP contribution < -0.4 is 5.32 Å². The lowest BCUT2D eigenvalue weighted by atomic mass is 10.1. The van der Waals surface area contributed by atoms with Crippen LogP contribution in [0.3, 0.4) is 0 Å². The number of anilines is 1. The number of benzene rings is 2. The third-order valence-electron chi connectivity index (χ3n) is 2.75. The minimum Gasteiger partial charge on any atom is -0.508 e. The van der Waals surface area contributed by atoms with E-state index in [9.17, 15) is 19.4 Å². The summed E-state index contributed by atoms with van der Waals surface area (Å²) in [7, 11) is 0. The Labute approximate surface area is 113 Å².